The van der Waals surface area contributed by atoms with Gasteiger partial charge in [0.1, 0.15) is 18.1 Å². The Morgan fingerprint density at radius 1 is 1.31 bits per heavy atom. The van der Waals surface area contributed by atoms with Gasteiger partial charge in [-0.2, -0.15) is 0 Å². The van der Waals surface area contributed by atoms with Crippen LogP contribution >= 0.6 is 0 Å². The maximum atomic E-state index is 8.91. The first-order chi connectivity index (χ1) is 7.78. The lowest BCUT2D eigenvalue weighted by Crippen LogP contribution is -2.23. The Bertz CT molecular complexity index is 315. The lowest BCUT2D eigenvalue weighted by atomic mass is 10.1. The molecule has 0 radical (unpaired) electrons. The maximum Gasteiger partial charge on any atom is 0.129 e. The van der Waals surface area contributed by atoms with Gasteiger partial charge in [-0.1, -0.05) is 12.8 Å². The number of rotatable bonds is 5. The van der Waals surface area contributed by atoms with E-state index in [1.54, 1.807) is 0 Å². The summed E-state index contributed by atoms with van der Waals surface area (Å²) >= 11 is 0. The third kappa shape index (κ3) is 3.09. The lowest BCUT2D eigenvalue weighted by Gasteiger charge is -2.19. The number of furan rings is 1. The van der Waals surface area contributed by atoms with Crippen molar-refractivity contribution in [1.82, 2.24) is 4.90 Å². The Morgan fingerprint density at radius 2 is 2.00 bits per heavy atom. The Hall–Kier alpha value is -0.800. The number of nitrogens with zero attached hydrogens (tertiary/aromatic N) is 1. The van der Waals surface area contributed by atoms with Crippen molar-refractivity contribution >= 4 is 0 Å². The molecule has 3 nitrogen and oxygen atoms in total. The zero-order chi connectivity index (χ0) is 11.4. The maximum absolute atomic E-state index is 8.91. The molecule has 0 amide bonds. The smallest absolute Gasteiger partial charge is 0.129 e. The van der Waals surface area contributed by atoms with Crippen molar-refractivity contribution in [3.63, 3.8) is 0 Å². The Labute approximate surface area is 97.1 Å². The van der Waals surface area contributed by atoms with Crippen LogP contribution in [0.3, 0.4) is 0 Å². The van der Waals surface area contributed by atoms with E-state index in [0.29, 0.717) is 5.76 Å². The summed E-state index contributed by atoms with van der Waals surface area (Å²) in [6.45, 7) is 2.00. The molecule has 3 heteroatoms. The number of aliphatic hydroxyl groups excluding tert-OH is 1. The molecule has 1 saturated carbocycles. The molecule has 0 atom stereocenters. The molecule has 2 rings (SSSR count). The molecule has 1 N–H and O–H groups in total. The minimum Gasteiger partial charge on any atom is -0.462 e. The van der Waals surface area contributed by atoms with Gasteiger partial charge in [0.05, 0.1) is 6.54 Å². The van der Waals surface area contributed by atoms with Crippen LogP contribution in [0, 0.1) is 5.92 Å². The Balaban J connectivity index is 1.79. The highest BCUT2D eigenvalue weighted by Gasteiger charge is 2.17. The van der Waals surface area contributed by atoms with Crippen LogP contribution in [0.5, 0.6) is 0 Å². The topological polar surface area (TPSA) is 36.6 Å². The molecule has 0 saturated heterocycles. The summed E-state index contributed by atoms with van der Waals surface area (Å²) in [7, 11) is 2.14. The Kier molecular flexibility index (Phi) is 4.02. The van der Waals surface area contributed by atoms with Gasteiger partial charge in [-0.15, -0.1) is 0 Å². The molecule has 90 valence electrons. The van der Waals surface area contributed by atoms with Crippen molar-refractivity contribution in [3.05, 3.63) is 23.7 Å². The largest absolute Gasteiger partial charge is 0.462 e. The standard InChI is InChI=1S/C13H21NO2/c1-14(8-11-4-2-3-5-11)9-12-6-7-13(10-15)16-12/h6-7,11,15H,2-5,8-10H2,1H3. The van der Waals surface area contributed by atoms with Gasteiger partial charge in [0.2, 0.25) is 0 Å². The van der Waals surface area contributed by atoms with E-state index in [4.69, 9.17) is 9.52 Å². The third-order valence-corrected chi connectivity index (χ3v) is 3.34. The van der Waals surface area contributed by atoms with Crippen LogP contribution in [0.1, 0.15) is 37.2 Å². The van der Waals surface area contributed by atoms with Crippen LogP contribution in [0.2, 0.25) is 0 Å². The van der Waals surface area contributed by atoms with E-state index in [1.807, 2.05) is 12.1 Å². The summed E-state index contributed by atoms with van der Waals surface area (Å²) in [5.74, 6) is 2.48. The third-order valence-electron chi connectivity index (χ3n) is 3.34. The second-order valence-corrected chi connectivity index (χ2v) is 4.87. The predicted molar refractivity (Wildman–Crippen MR) is 62.9 cm³/mol. The Morgan fingerprint density at radius 3 is 2.62 bits per heavy atom. The van der Waals surface area contributed by atoms with Crippen molar-refractivity contribution in [1.29, 1.82) is 0 Å². The molecule has 1 aliphatic rings. The monoisotopic (exact) mass is 223 g/mol. The van der Waals surface area contributed by atoms with E-state index in [9.17, 15) is 0 Å². The first kappa shape index (κ1) is 11.7. The van der Waals surface area contributed by atoms with Crippen molar-refractivity contribution in [2.24, 2.45) is 5.92 Å². The molecule has 16 heavy (non-hydrogen) atoms. The average molecular weight is 223 g/mol. The molecule has 0 aliphatic heterocycles. The number of aliphatic hydroxyl groups is 1. The van der Waals surface area contributed by atoms with Crippen LogP contribution in [0.25, 0.3) is 0 Å². The van der Waals surface area contributed by atoms with E-state index in [0.717, 1.165) is 24.8 Å². The van der Waals surface area contributed by atoms with E-state index >= 15 is 0 Å². The van der Waals surface area contributed by atoms with Crippen molar-refractivity contribution in [2.45, 2.75) is 38.8 Å². The molecule has 0 unspecified atom stereocenters. The quantitative estimate of drug-likeness (QED) is 0.832. The summed E-state index contributed by atoms with van der Waals surface area (Å²) in [6.07, 6.45) is 5.55. The van der Waals surface area contributed by atoms with E-state index in [-0.39, 0.29) is 6.61 Å². The van der Waals surface area contributed by atoms with Crippen molar-refractivity contribution < 1.29 is 9.52 Å². The molecule has 1 aliphatic carbocycles. The van der Waals surface area contributed by atoms with Gasteiger partial charge >= 0.3 is 0 Å². The van der Waals surface area contributed by atoms with Crippen LogP contribution in [0.15, 0.2) is 16.5 Å². The van der Waals surface area contributed by atoms with Crippen LogP contribution < -0.4 is 0 Å². The SMILES string of the molecule is CN(Cc1ccc(CO)o1)CC1CCCC1. The summed E-state index contributed by atoms with van der Waals surface area (Å²) in [6, 6.07) is 3.80. The van der Waals surface area contributed by atoms with Gasteiger partial charge in [0.15, 0.2) is 0 Å². The second kappa shape index (κ2) is 5.51. The zero-order valence-corrected chi connectivity index (χ0v) is 9.98. The van der Waals surface area contributed by atoms with Gasteiger partial charge in [-0.3, -0.25) is 4.90 Å². The van der Waals surface area contributed by atoms with Crippen LogP contribution in [0.4, 0.5) is 0 Å². The van der Waals surface area contributed by atoms with E-state index in [2.05, 4.69) is 11.9 Å². The zero-order valence-electron chi connectivity index (χ0n) is 9.98. The normalized spacial score (nSPS) is 17.4. The van der Waals surface area contributed by atoms with Crippen LogP contribution in [-0.4, -0.2) is 23.6 Å². The first-order valence-electron chi connectivity index (χ1n) is 6.15. The van der Waals surface area contributed by atoms with E-state index in [1.165, 1.54) is 25.7 Å². The molecule has 0 spiro atoms. The molecular weight excluding hydrogens is 202 g/mol. The summed E-state index contributed by atoms with van der Waals surface area (Å²) in [4.78, 5) is 2.32. The summed E-state index contributed by atoms with van der Waals surface area (Å²) in [5.41, 5.74) is 0. The average Bonchev–Trinajstić information content (AvgIpc) is 2.89. The van der Waals surface area contributed by atoms with Crippen LogP contribution in [-0.2, 0) is 13.2 Å². The van der Waals surface area contributed by atoms with Gasteiger partial charge in [0.25, 0.3) is 0 Å². The second-order valence-electron chi connectivity index (χ2n) is 4.87. The van der Waals surface area contributed by atoms with Gasteiger partial charge in [-0.05, 0) is 37.9 Å². The number of hydrogen-bond donors (Lipinski definition) is 1. The molecule has 0 aromatic carbocycles. The lowest BCUT2D eigenvalue weighted by molar-refractivity contribution is 0.223. The molecule has 1 aromatic heterocycles. The highest BCUT2D eigenvalue weighted by Crippen LogP contribution is 2.25. The fraction of sp³-hybridized carbons (Fsp3) is 0.692. The minimum absolute atomic E-state index is 0.00760. The summed E-state index contributed by atoms with van der Waals surface area (Å²) < 4.78 is 5.48. The van der Waals surface area contributed by atoms with Gasteiger partial charge < -0.3 is 9.52 Å². The fourth-order valence-electron chi connectivity index (χ4n) is 2.56. The minimum atomic E-state index is -0.00760. The van der Waals surface area contributed by atoms with Crippen molar-refractivity contribution in [2.75, 3.05) is 13.6 Å². The van der Waals surface area contributed by atoms with Gasteiger partial charge in [-0.25, -0.2) is 0 Å². The molecular formula is C13H21NO2. The molecule has 1 aromatic rings. The predicted octanol–water partition coefficient (Wildman–Crippen LogP) is 2.39. The van der Waals surface area contributed by atoms with Crippen molar-refractivity contribution in [3.8, 4) is 0 Å². The highest BCUT2D eigenvalue weighted by atomic mass is 16.4. The summed E-state index contributed by atoms with van der Waals surface area (Å²) in [5, 5.41) is 8.91. The number of hydrogen-bond acceptors (Lipinski definition) is 3. The molecule has 1 heterocycles. The molecule has 0 bridgehead atoms. The fourth-order valence-corrected chi connectivity index (χ4v) is 2.56. The first-order valence-corrected chi connectivity index (χ1v) is 6.15. The molecule has 1 fully saturated rings. The van der Waals surface area contributed by atoms with E-state index < -0.39 is 0 Å². The van der Waals surface area contributed by atoms with Gasteiger partial charge in [0, 0.05) is 6.54 Å². The highest BCUT2D eigenvalue weighted by molar-refractivity contribution is 5.06.